The van der Waals surface area contributed by atoms with Gasteiger partial charge in [-0.05, 0) is 43.6 Å². The van der Waals surface area contributed by atoms with Crippen molar-refractivity contribution in [3.63, 3.8) is 0 Å². The van der Waals surface area contributed by atoms with Crippen LogP contribution < -0.4 is 4.90 Å². The zero-order valence-corrected chi connectivity index (χ0v) is 12.0. The summed E-state index contributed by atoms with van der Waals surface area (Å²) in [7, 11) is 4.07. The maximum Gasteiger partial charge on any atom is 0.123 e. The van der Waals surface area contributed by atoms with Crippen molar-refractivity contribution in [2.24, 2.45) is 0 Å². The first-order chi connectivity index (χ1) is 9.22. The Morgan fingerprint density at radius 1 is 1.05 bits per heavy atom. The summed E-state index contributed by atoms with van der Waals surface area (Å²) in [6.45, 7) is 2.10. The van der Waals surface area contributed by atoms with E-state index in [9.17, 15) is 5.26 Å². The van der Waals surface area contributed by atoms with Crippen LogP contribution >= 0.6 is 0 Å². The number of benzene rings is 1. The van der Waals surface area contributed by atoms with Gasteiger partial charge in [-0.25, -0.2) is 0 Å². The molecule has 1 saturated heterocycles. The van der Waals surface area contributed by atoms with Crippen molar-refractivity contribution < 1.29 is 0 Å². The van der Waals surface area contributed by atoms with Crippen LogP contribution in [0.2, 0.25) is 0 Å². The van der Waals surface area contributed by atoms with Gasteiger partial charge >= 0.3 is 0 Å². The minimum Gasteiger partial charge on any atom is -0.378 e. The topological polar surface area (TPSA) is 30.3 Å². The molecular weight excluding hydrogens is 234 g/mol. The second-order valence-electron chi connectivity index (χ2n) is 5.47. The van der Waals surface area contributed by atoms with Gasteiger partial charge in [0.25, 0.3) is 0 Å². The molecule has 1 aromatic carbocycles. The van der Waals surface area contributed by atoms with Crippen LogP contribution in [0, 0.1) is 11.3 Å². The molecule has 0 bridgehead atoms. The lowest BCUT2D eigenvalue weighted by Gasteiger charge is -2.26. The van der Waals surface area contributed by atoms with Crippen LogP contribution in [0.4, 0.5) is 5.69 Å². The summed E-state index contributed by atoms with van der Waals surface area (Å²) in [5.74, 6) is 0. The third kappa shape index (κ3) is 3.48. The highest BCUT2D eigenvalue weighted by molar-refractivity contribution is 5.47. The largest absolute Gasteiger partial charge is 0.378 e. The normalized spacial score (nSPS) is 18.4. The molecule has 0 N–H and O–H groups in total. The number of hydrogen-bond donors (Lipinski definition) is 0. The number of rotatable bonds is 3. The molecule has 102 valence electrons. The van der Waals surface area contributed by atoms with Gasteiger partial charge in [0.2, 0.25) is 0 Å². The van der Waals surface area contributed by atoms with Crippen LogP contribution in [-0.2, 0) is 0 Å². The Labute approximate surface area is 116 Å². The first kappa shape index (κ1) is 13.9. The standard InChI is InChI=1S/C16H23N3/c1-18(2)15-9-7-14(8-10-15)16(13-17)19-11-5-3-4-6-12-19/h7-10,16H,3-6,11-12H2,1-2H3. The molecule has 0 spiro atoms. The number of nitriles is 1. The van der Waals surface area contributed by atoms with Gasteiger partial charge in [-0.3, -0.25) is 4.90 Å². The summed E-state index contributed by atoms with van der Waals surface area (Å²) in [4.78, 5) is 4.41. The van der Waals surface area contributed by atoms with E-state index >= 15 is 0 Å². The maximum absolute atomic E-state index is 9.50. The quantitative estimate of drug-likeness (QED) is 0.833. The average Bonchev–Trinajstić information content (AvgIpc) is 2.69. The van der Waals surface area contributed by atoms with E-state index in [1.165, 1.54) is 31.4 Å². The van der Waals surface area contributed by atoms with E-state index in [-0.39, 0.29) is 6.04 Å². The predicted molar refractivity (Wildman–Crippen MR) is 79.2 cm³/mol. The van der Waals surface area contributed by atoms with Crippen molar-refractivity contribution in [2.75, 3.05) is 32.1 Å². The molecule has 1 heterocycles. The van der Waals surface area contributed by atoms with Gasteiger partial charge in [0, 0.05) is 19.8 Å². The van der Waals surface area contributed by atoms with Gasteiger partial charge in [0.1, 0.15) is 6.04 Å². The Bertz CT molecular complexity index is 422. The molecule has 1 aliphatic rings. The number of hydrogen-bond acceptors (Lipinski definition) is 3. The molecule has 1 unspecified atom stereocenters. The van der Waals surface area contributed by atoms with E-state index in [4.69, 9.17) is 0 Å². The van der Waals surface area contributed by atoms with Crippen LogP contribution in [-0.4, -0.2) is 32.1 Å². The molecule has 1 aromatic rings. The smallest absolute Gasteiger partial charge is 0.123 e. The molecular formula is C16H23N3. The van der Waals surface area contributed by atoms with Crippen molar-refractivity contribution in [1.29, 1.82) is 5.26 Å². The second-order valence-corrected chi connectivity index (χ2v) is 5.47. The average molecular weight is 257 g/mol. The van der Waals surface area contributed by atoms with Crippen LogP contribution in [0.25, 0.3) is 0 Å². The van der Waals surface area contributed by atoms with Crippen LogP contribution in [0.1, 0.15) is 37.3 Å². The van der Waals surface area contributed by atoms with E-state index < -0.39 is 0 Å². The van der Waals surface area contributed by atoms with Crippen LogP contribution in [0.5, 0.6) is 0 Å². The molecule has 3 heteroatoms. The summed E-state index contributed by atoms with van der Waals surface area (Å²) >= 11 is 0. The van der Waals surface area contributed by atoms with E-state index in [1.54, 1.807) is 0 Å². The second kappa shape index (κ2) is 6.58. The van der Waals surface area contributed by atoms with E-state index in [2.05, 4.69) is 40.1 Å². The zero-order valence-electron chi connectivity index (χ0n) is 12.0. The fraction of sp³-hybridized carbons (Fsp3) is 0.562. The van der Waals surface area contributed by atoms with Crippen molar-refractivity contribution >= 4 is 5.69 Å². The lowest BCUT2D eigenvalue weighted by molar-refractivity contribution is 0.246. The molecule has 1 atom stereocenters. The minimum absolute atomic E-state index is 0.0886. The van der Waals surface area contributed by atoms with E-state index in [0.717, 1.165) is 18.7 Å². The summed E-state index contributed by atoms with van der Waals surface area (Å²) in [6.07, 6.45) is 5.03. The van der Waals surface area contributed by atoms with Crippen molar-refractivity contribution in [1.82, 2.24) is 4.90 Å². The summed E-state index contributed by atoms with van der Waals surface area (Å²) in [6, 6.07) is 10.8. The maximum atomic E-state index is 9.50. The third-order valence-corrected chi connectivity index (χ3v) is 3.85. The van der Waals surface area contributed by atoms with Crippen LogP contribution in [0.15, 0.2) is 24.3 Å². The third-order valence-electron chi connectivity index (χ3n) is 3.85. The van der Waals surface area contributed by atoms with Gasteiger partial charge in [-0.1, -0.05) is 25.0 Å². The molecule has 1 aliphatic heterocycles. The monoisotopic (exact) mass is 257 g/mol. The van der Waals surface area contributed by atoms with Crippen molar-refractivity contribution in [3.8, 4) is 6.07 Å². The SMILES string of the molecule is CN(C)c1ccc(C(C#N)N2CCCCCC2)cc1. The van der Waals surface area contributed by atoms with Gasteiger partial charge in [0.05, 0.1) is 6.07 Å². The van der Waals surface area contributed by atoms with Gasteiger partial charge in [-0.15, -0.1) is 0 Å². The van der Waals surface area contributed by atoms with Crippen molar-refractivity contribution in [3.05, 3.63) is 29.8 Å². The molecule has 19 heavy (non-hydrogen) atoms. The minimum atomic E-state index is -0.0886. The lowest BCUT2D eigenvalue weighted by atomic mass is 10.1. The predicted octanol–water partition coefficient (Wildman–Crippen LogP) is 3.19. The van der Waals surface area contributed by atoms with Crippen LogP contribution in [0.3, 0.4) is 0 Å². The Balaban J connectivity index is 2.14. The first-order valence-electron chi connectivity index (χ1n) is 7.13. The number of nitrogens with zero attached hydrogens (tertiary/aromatic N) is 3. The summed E-state index contributed by atoms with van der Waals surface area (Å²) in [5, 5.41) is 9.50. The Kier molecular flexibility index (Phi) is 4.81. The Morgan fingerprint density at radius 3 is 2.11 bits per heavy atom. The number of likely N-dealkylation sites (tertiary alicyclic amines) is 1. The highest BCUT2D eigenvalue weighted by atomic mass is 15.2. The Hall–Kier alpha value is -1.53. The van der Waals surface area contributed by atoms with Gasteiger partial charge in [-0.2, -0.15) is 5.26 Å². The van der Waals surface area contributed by atoms with Gasteiger partial charge < -0.3 is 4.90 Å². The molecule has 0 amide bonds. The highest BCUT2D eigenvalue weighted by Crippen LogP contribution is 2.25. The fourth-order valence-electron chi connectivity index (χ4n) is 2.68. The zero-order chi connectivity index (χ0) is 13.7. The summed E-state index contributed by atoms with van der Waals surface area (Å²) < 4.78 is 0. The van der Waals surface area contributed by atoms with E-state index in [0.29, 0.717) is 0 Å². The molecule has 3 nitrogen and oxygen atoms in total. The van der Waals surface area contributed by atoms with Crippen molar-refractivity contribution in [2.45, 2.75) is 31.7 Å². The Morgan fingerprint density at radius 2 is 1.63 bits per heavy atom. The molecule has 2 rings (SSSR count). The highest BCUT2D eigenvalue weighted by Gasteiger charge is 2.20. The molecule has 0 radical (unpaired) electrons. The van der Waals surface area contributed by atoms with E-state index in [1.807, 2.05) is 14.1 Å². The molecule has 0 saturated carbocycles. The molecule has 0 aromatic heterocycles. The lowest BCUT2D eigenvalue weighted by Crippen LogP contribution is -2.28. The fourth-order valence-corrected chi connectivity index (χ4v) is 2.68. The first-order valence-corrected chi connectivity index (χ1v) is 7.13. The number of anilines is 1. The molecule has 0 aliphatic carbocycles. The van der Waals surface area contributed by atoms with Gasteiger partial charge in [0.15, 0.2) is 0 Å². The molecule has 1 fully saturated rings. The summed E-state index contributed by atoms with van der Waals surface area (Å²) in [5.41, 5.74) is 2.30.